The first-order valence-corrected chi connectivity index (χ1v) is 19.8. The molecule has 0 saturated heterocycles. The van der Waals surface area contributed by atoms with E-state index in [-0.39, 0.29) is 0 Å². The third-order valence-electron chi connectivity index (χ3n) is 11.8. The highest BCUT2D eigenvalue weighted by molar-refractivity contribution is 7.27. The van der Waals surface area contributed by atoms with Gasteiger partial charge in [-0.25, -0.2) is 0 Å². The Morgan fingerprint density at radius 1 is 0.255 bits per heavy atom. The second-order valence-electron chi connectivity index (χ2n) is 14.8. The van der Waals surface area contributed by atoms with E-state index >= 15 is 0 Å². The highest BCUT2D eigenvalue weighted by atomic mass is 32.1. The first kappa shape index (κ1) is 30.6. The van der Waals surface area contributed by atoms with E-state index in [0.717, 1.165) is 0 Å². The van der Waals surface area contributed by atoms with Gasteiger partial charge >= 0.3 is 0 Å². The summed E-state index contributed by atoms with van der Waals surface area (Å²) in [5.41, 5.74) is 7.55. The number of hydrogen-bond donors (Lipinski definition) is 0. The molecule has 0 N–H and O–H groups in total. The van der Waals surface area contributed by atoms with Crippen LogP contribution in [0.15, 0.2) is 194 Å². The van der Waals surface area contributed by atoms with Crippen molar-refractivity contribution in [2.75, 3.05) is 0 Å². The predicted molar refractivity (Wildman–Crippen MR) is 241 cm³/mol. The number of benzene rings is 11. The van der Waals surface area contributed by atoms with E-state index in [1.807, 2.05) is 11.3 Å². The van der Waals surface area contributed by atoms with Gasteiger partial charge in [0.2, 0.25) is 0 Å². The van der Waals surface area contributed by atoms with Crippen molar-refractivity contribution in [3.8, 4) is 33.4 Å². The largest absolute Gasteiger partial charge is 0.134 e. The van der Waals surface area contributed by atoms with E-state index in [1.165, 1.54) is 118 Å². The van der Waals surface area contributed by atoms with E-state index in [2.05, 4.69) is 194 Å². The fraction of sp³-hybridized carbons (Fsp3) is 0. The number of rotatable bonds is 3. The molecule has 0 bridgehead atoms. The summed E-state index contributed by atoms with van der Waals surface area (Å²) in [6.45, 7) is 0. The predicted octanol–water partition coefficient (Wildman–Crippen LogP) is 16.0. The van der Waals surface area contributed by atoms with Gasteiger partial charge in [0.05, 0.1) is 0 Å². The smallest absolute Gasteiger partial charge is 0.0440 e. The first-order chi connectivity index (χ1) is 27.3. The zero-order valence-corrected chi connectivity index (χ0v) is 30.7. The average Bonchev–Trinajstić information content (AvgIpc) is 3.66. The summed E-state index contributed by atoms with van der Waals surface area (Å²) < 4.78 is 2.71. The van der Waals surface area contributed by atoms with Gasteiger partial charge in [0.15, 0.2) is 0 Å². The van der Waals surface area contributed by atoms with Crippen molar-refractivity contribution in [1.82, 2.24) is 0 Å². The fourth-order valence-corrected chi connectivity index (χ4v) is 10.6. The van der Waals surface area contributed by atoms with Crippen LogP contribution < -0.4 is 0 Å². The van der Waals surface area contributed by atoms with Crippen LogP contribution >= 0.6 is 11.3 Å². The Balaban J connectivity index is 1.02. The van der Waals surface area contributed by atoms with Gasteiger partial charge in [-0.3, -0.25) is 0 Å². The molecule has 0 fully saturated rings. The van der Waals surface area contributed by atoms with Gasteiger partial charge in [0, 0.05) is 25.6 Å². The highest BCUT2D eigenvalue weighted by Crippen LogP contribution is 2.48. The van der Waals surface area contributed by atoms with E-state index < -0.39 is 0 Å². The molecule has 0 nitrogen and oxygen atoms in total. The van der Waals surface area contributed by atoms with Crippen molar-refractivity contribution in [3.05, 3.63) is 194 Å². The van der Waals surface area contributed by atoms with Crippen LogP contribution in [-0.2, 0) is 0 Å². The molecule has 0 aliphatic rings. The summed E-state index contributed by atoms with van der Waals surface area (Å²) in [7, 11) is 0. The average molecular weight is 713 g/mol. The Labute approximate surface area is 322 Å². The Kier molecular flexibility index (Phi) is 6.60. The molecule has 0 saturated carbocycles. The lowest BCUT2D eigenvalue weighted by Crippen LogP contribution is -1.90. The van der Waals surface area contributed by atoms with Gasteiger partial charge in [0.25, 0.3) is 0 Å². The molecule has 0 spiro atoms. The third kappa shape index (κ3) is 4.57. The maximum absolute atomic E-state index is 2.42. The van der Waals surface area contributed by atoms with Crippen molar-refractivity contribution in [1.29, 1.82) is 0 Å². The topological polar surface area (TPSA) is 0 Å². The van der Waals surface area contributed by atoms with Crippen LogP contribution in [0.5, 0.6) is 0 Å². The summed E-state index contributed by atoms with van der Waals surface area (Å²) in [5.74, 6) is 0. The highest BCUT2D eigenvalue weighted by Gasteiger charge is 2.18. The minimum absolute atomic E-state index is 1.23. The van der Waals surface area contributed by atoms with E-state index in [0.29, 0.717) is 0 Å². The molecular formula is C54H32S. The number of thiophene rings is 1. The molecule has 1 heteroatoms. The van der Waals surface area contributed by atoms with Crippen molar-refractivity contribution in [2.45, 2.75) is 0 Å². The third-order valence-corrected chi connectivity index (χ3v) is 13.0. The molecule has 0 radical (unpaired) electrons. The second kappa shape index (κ2) is 11.9. The lowest BCUT2D eigenvalue weighted by Gasteiger charge is -2.18. The van der Waals surface area contributed by atoms with Crippen molar-refractivity contribution in [3.63, 3.8) is 0 Å². The number of fused-ring (bicyclic) bond motifs is 13. The summed E-state index contributed by atoms with van der Waals surface area (Å²) in [6, 6.07) is 72.1. The van der Waals surface area contributed by atoms with Crippen LogP contribution in [0.1, 0.15) is 0 Å². The molecule has 12 aromatic rings. The first-order valence-electron chi connectivity index (χ1n) is 19.0. The molecule has 254 valence electrons. The normalized spacial score (nSPS) is 12.0. The second-order valence-corrected chi connectivity index (χ2v) is 15.8. The Bertz CT molecular complexity index is 3480. The van der Waals surface area contributed by atoms with Crippen LogP contribution in [0.4, 0.5) is 0 Å². The van der Waals surface area contributed by atoms with Crippen molar-refractivity contribution in [2.24, 2.45) is 0 Å². The molecule has 0 unspecified atom stereocenters. The minimum atomic E-state index is 1.23. The van der Waals surface area contributed by atoms with Gasteiger partial charge in [-0.05, 0) is 117 Å². The van der Waals surface area contributed by atoms with Crippen molar-refractivity contribution >= 4 is 96.1 Å². The van der Waals surface area contributed by atoms with Crippen LogP contribution in [0, 0.1) is 0 Å². The monoisotopic (exact) mass is 712 g/mol. The summed E-state index contributed by atoms with van der Waals surface area (Å²) in [4.78, 5) is 0. The van der Waals surface area contributed by atoms with Crippen molar-refractivity contribution < 1.29 is 0 Å². The van der Waals surface area contributed by atoms with E-state index in [1.54, 1.807) is 0 Å². The zero-order valence-electron chi connectivity index (χ0n) is 29.9. The standard InChI is InChI=1S/C54H32S/c1-2-13-34(14-3-1)50-43-18-8-10-20-45(43)51(46-21-11-9-19-44(46)50)39-25-24-35-30-36(22-23-37(35)31-39)38-26-28-47-48(32-38)41-16-6-7-17-42(41)53-52-40-15-5-4-12-33(40)27-29-49(52)55-54(47)53/h1-32H. The lowest BCUT2D eigenvalue weighted by atomic mass is 9.85. The Morgan fingerprint density at radius 2 is 0.764 bits per heavy atom. The van der Waals surface area contributed by atoms with Crippen LogP contribution in [-0.4, -0.2) is 0 Å². The lowest BCUT2D eigenvalue weighted by molar-refractivity contribution is 1.66. The van der Waals surface area contributed by atoms with Gasteiger partial charge in [-0.2, -0.15) is 0 Å². The van der Waals surface area contributed by atoms with Gasteiger partial charge in [0.1, 0.15) is 0 Å². The van der Waals surface area contributed by atoms with E-state index in [9.17, 15) is 0 Å². The Hall–Kier alpha value is -6.80. The van der Waals surface area contributed by atoms with Crippen LogP contribution in [0.25, 0.3) is 118 Å². The maximum Gasteiger partial charge on any atom is 0.0440 e. The van der Waals surface area contributed by atoms with E-state index in [4.69, 9.17) is 0 Å². The summed E-state index contributed by atoms with van der Waals surface area (Å²) in [5, 5.41) is 18.3. The molecule has 0 atom stereocenters. The molecule has 12 rings (SSSR count). The van der Waals surface area contributed by atoms with Crippen LogP contribution in [0.3, 0.4) is 0 Å². The molecule has 0 amide bonds. The summed E-state index contributed by atoms with van der Waals surface area (Å²) >= 11 is 1.92. The molecule has 0 aliphatic heterocycles. The zero-order chi connectivity index (χ0) is 36.0. The molecule has 55 heavy (non-hydrogen) atoms. The fourth-order valence-electron chi connectivity index (χ4n) is 9.33. The van der Waals surface area contributed by atoms with Gasteiger partial charge in [-0.15, -0.1) is 11.3 Å². The summed E-state index contributed by atoms with van der Waals surface area (Å²) in [6.07, 6.45) is 0. The molecule has 11 aromatic carbocycles. The van der Waals surface area contributed by atoms with Gasteiger partial charge in [-0.1, -0.05) is 170 Å². The maximum atomic E-state index is 2.42. The quantitative estimate of drug-likeness (QED) is 0.126. The minimum Gasteiger partial charge on any atom is -0.134 e. The molecule has 1 heterocycles. The molecular weight excluding hydrogens is 681 g/mol. The van der Waals surface area contributed by atoms with Crippen LogP contribution in [0.2, 0.25) is 0 Å². The molecule has 0 aliphatic carbocycles. The number of hydrogen-bond acceptors (Lipinski definition) is 1. The SMILES string of the molecule is c1ccc(-c2c3ccccc3c(-c3ccc4cc(-c5ccc6c(c5)c5ccccc5c5c6sc6ccc7ccccc7c65)ccc4c3)c3ccccc23)cc1. The van der Waals surface area contributed by atoms with Gasteiger partial charge < -0.3 is 0 Å². The Morgan fingerprint density at radius 3 is 1.47 bits per heavy atom. The molecule has 1 aromatic heterocycles.